The third kappa shape index (κ3) is 4.21. The maximum absolute atomic E-state index is 11.3. The summed E-state index contributed by atoms with van der Waals surface area (Å²) in [5.41, 5.74) is 0.375. The van der Waals surface area contributed by atoms with Crippen LogP contribution in [0, 0.1) is 0 Å². The summed E-state index contributed by atoms with van der Waals surface area (Å²) in [7, 11) is 0. The fraction of sp³-hybridized carbons (Fsp3) is 0.300. The molecule has 80 valence electrons. The molecular weight excluding hydrogens is 198 g/mol. The number of nitrogens with zero attached hydrogens (tertiary/aromatic N) is 1. The first kappa shape index (κ1) is 11.2. The molecule has 0 bridgehead atoms. The van der Waals surface area contributed by atoms with Crippen LogP contribution in [0.3, 0.4) is 0 Å². The lowest BCUT2D eigenvalue weighted by Crippen LogP contribution is -2.12. The molecule has 1 rings (SSSR count). The third-order valence-electron chi connectivity index (χ3n) is 1.52. The van der Waals surface area contributed by atoms with Gasteiger partial charge in [-0.1, -0.05) is 0 Å². The molecule has 15 heavy (non-hydrogen) atoms. The van der Waals surface area contributed by atoms with Gasteiger partial charge in [-0.05, 0) is 12.1 Å². The van der Waals surface area contributed by atoms with Crippen molar-refractivity contribution < 1.29 is 19.1 Å². The van der Waals surface area contributed by atoms with Crippen LogP contribution in [0.4, 0.5) is 0 Å². The van der Waals surface area contributed by atoms with E-state index >= 15 is 0 Å². The van der Waals surface area contributed by atoms with Crippen molar-refractivity contribution in [2.24, 2.45) is 0 Å². The van der Waals surface area contributed by atoms with Crippen LogP contribution < -0.4 is 0 Å². The number of aromatic nitrogens is 1. The fourth-order valence-electron chi connectivity index (χ4n) is 0.887. The van der Waals surface area contributed by atoms with Gasteiger partial charge in [0.15, 0.2) is 0 Å². The normalized spacial score (nSPS) is 9.40. The molecule has 0 N–H and O–H groups in total. The van der Waals surface area contributed by atoms with Gasteiger partial charge in [0.25, 0.3) is 0 Å². The van der Waals surface area contributed by atoms with Crippen LogP contribution in [-0.2, 0) is 14.3 Å². The van der Waals surface area contributed by atoms with E-state index < -0.39 is 11.9 Å². The number of hydrogen-bond donors (Lipinski definition) is 0. The zero-order valence-corrected chi connectivity index (χ0v) is 8.30. The number of carbonyl (C=O) groups excluding carboxylic acids is 2. The van der Waals surface area contributed by atoms with Crippen molar-refractivity contribution in [2.45, 2.75) is 6.92 Å². The Balaban J connectivity index is 2.28. The zero-order chi connectivity index (χ0) is 11.1. The number of esters is 2. The highest BCUT2D eigenvalue weighted by Gasteiger charge is 2.05. The SMILES string of the molecule is CC(=O)OCCOC(=O)c1cccnc1. The van der Waals surface area contributed by atoms with Gasteiger partial charge < -0.3 is 9.47 Å². The van der Waals surface area contributed by atoms with E-state index in [4.69, 9.17) is 4.74 Å². The van der Waals surface area contributed by atoms with Crippen molar-refractivity contribution in [1.82, 2.24) is 4.98 Å². The summed E-state index contributed by atoms with van der Waals surface area (Å²) in [6.45, 7) is 1.41. The molecule has 0 fully saturated rings. The number of hydrogen-bond acceptors (Lipinski definition) is 5. The van der Waals surface area contributed by atoms with Crippen LogP contribution in [0.25, 0.3) is 0 Å². The molecule has 5 heteroatoms. The molecule has 0 radical (unpaired) electrons. The lowest BCUT2D eigenvalue weighted by molar-refractivity contribution is -0.142. The third-order valence-corrected chi connectivity index (χ3v) is 1.52. The Kier molecular flexibility index (Phi) is 4.28. The molecule has 0 unspecified atom stereocenters. The second kappa shape index (κ2) is 5.74. The predicted octanol–water partition coefficient (Wildman–Crippen LogP) is 0.801. The molecule has 0 spiro atoms. The van der Waals surface area contributed by atoms with Gasteiger partial charge in [0, 0.05) is 19.3 Å². The Labute approximate surface area is 87.0 Å². The summed E-state index contributed by atoms with van der Waals surface area (Å²) in [4.78, 5) is 25.4. The minimum Gasteiger partial charge on any atom is -0.462 e. The number of carbonyl (C=O) groups is 2. The Morgan fingerprint density at radius 1 is 1.33 bits per heavy atom. The van der Waals surface area contributed by atoms with Crippen LogP contribution >= 0.6 is 0 Å². The van der Waals surface area contributed by atoms with E-state index in [-0.39, 0.29) is 13.2 Å². The Bertz CT molecular complexity index is 337. The van der Waals surface area contributed by atoms with Crippen molar-refractivity contribution in [2.75, 3.05) is 13.2 Å². The summed E-state index contributed by atoms with van der Waals surface area (Å²) >= 11 is 0. The van der Waals surface area contributed by atoms with Gasteiger partial charge in [0.2, 0.25) is 0 Å². The van der Waals surface area contributed by atoms with Gasteiger partial charge >= 0.3 is 11.9 Å². The lowest BCUT2D eigenvalue weighted by Gasteiger charge is -2.04. The van der Waals surface area contributed by atoms with Crippen molar-refractivity contribution in [3.8, 4) is 0 Å². The molecule has 5 nitrogen and oxygen atoms in total. The standard InChI is InChI=1S/C10H11NO4/c1-8(12)14-5-6-15-10(13)9-3-2-4-11-7-9/h2-4,7H,5-6H2,1H3. The smallest absolute Gasteiger partial charge is 0.339 e. The minimum atomic E-state index is -0.477. The predicted molar refractivity (Wildman–Crippen MR) is 51.2 cm³/mol. The van der Waals surface area contributed by atoms with E-state index in [0.29, 0.717) is 5.56 Å². The lowest BCUT2D eigenvalue weighted by atomic mass is 10.3. The van der Waals surface area contributed by atoms with Crippen LogP contribution in [0.15, 0.2) is 24.5 Å². The molecule has 1 heterocycles. The van der Waals surface area contributed by atoms with E-state index in [1.807, 2.05) is 0 Å². The molecule has 0 aliphatic rings. The summed E-state index contributed by atoms with van der Waals surface area (Å²) < 4.78 is 9.42. The van der Waals surface area contributed by atoms with Gasteiger partial charge in [0.05, 0.1) is 5.56 Å². The van der Waals surface area contributed by atoms with Crippen LogP contribution in [-0.4, -0.2) is 30.1 Å². The minimum absolute atomic E-state index is 0.0489. The van der Waals surface area contributed by atoms with E-state index in [9.17, 15) is 9.59 Å². The van der Waals surface area contributed by atoms with Crippen LogP contribution in [0.2, 0.25) is 0 Å². The Morgan fingerprint density at radius 2 is 2.07 bits per heavy atom. The summed E-state index contributed by atoms with van der Waals surface area (Å²) in [6, 6.07) is 3.24. The second-order valence-electron chi connectivity index (χ2n) is 2.72. The molecule has 1 aromatic rings. The van der Waals surface area contributed by atoms with Crippen molar-refractivity contribution in [3.05, 3.63) is 30.1 Å². The van der Waals surface area contributed by atoms with Crippen molar-refractivity contribution >= 4 is 11.9 Å². The highest BCUT2D eigenvalue weighted by atomic mass is 16.6. The monoisotopic (exact) mass is 209 g/mol. The van der Waals surface area contributed by atoms with E-state index in [1.54, 1.807) is 18.3 Å². The maximum atomic E-state index is 11.3. The number of ether oxygens (including phenoxy) is 2. The highest BCUT2D eigenvalue weighted by Crippen LogP contribution is 1.98. The first-order chi connectivity index (χ1) is 7.20. The van der Waals surface area contributed by atoms with Crippen molar-refractivity contribution in [1.29, 1.82) is 0 Å². The van der Waals surface area contributed by atoms with Crippen LogP contribution in [0.5, 0.6) is 0 Å². The van der Waals surface area contributed by atoms with Crippen LogP contribution in [0.1, 0.15) is 17.3 Å². The highest BCUT2D eigenvalue weighted by molar-refractivity contribution is 5.88. The second-order valence-corrected chi connectivity index (χ2v) is 2.72. The topological polar surface area (TPSA) is 65.5 Å². The molecule has 0 atom stereocenters. The zero-order valence-electron chi connectivity index (χ0n) is 8.30. The van der Waals surface area contributed by atoms with Crippen molar-refractivity contribution in [3.63, 3.8) is 0 Å². The molecule has 1 aromatic heterocycles. The average Bonchev–Trinajstić information content (AvgIpc) is 2.25. The van der Waals surface area contributed by atoms with Gasteiger partial charge in [-0.3, -0.25) is 9.78 Å². The van der Waals surface area contributed by atoms with E-state index in [0.717, 1.165) is 0 Å². The van der Waals surface area contributed by atoms with E-state index in [1.165, 1.54) is 13.1 Å². The molecule has 0 aliphatic heterocycles. The fourth-order valence-corrected chi connectivity index (χ4v) is 0.887. The molecule has 0 saturated heterocycles. The molecule has 0 amide bonds. The van der Waals surface area contributed by atoms with Gasteiger partial charge in [-0.2, -0.15) is 0 Å². The summed E-state index contributed by atoms with van der Waals surface area (Å²) in [5, 5.41) is 0. The number of rotatable bonds is 4. The molecule has 0 saturated carbocycles. The molecule has 0 aromatic carbocycles. The van der Waals surface area contributed by atoms with E-state index in [2.05, 4.69) is 9.72 Å². The summed E-state index contributed by atoms with van der Waals surface area (Å²) in [5.74, 6) is -0.873. The molecular formula is C10H11NO4. The quantitative estimate of drug-likeness (QED) is 0.542. The molecule has 0 aliphatic carbocycles. The maximum Gasteiger partial charge on any atom is 0.339 e. The Hall–Kier alpha value is -1.91. The average molecular weight is 209 g/mol. The largest absolute Gasteiger partial charge is 0.462 e. The number of pyridine rings is 1. The first-order valence-corrected chi connectivity index (χ1v) is 4.40. The van der Waals surface area contributed by atoms with Gasteiger partial charge in [-0.15, -0.1) is 0 Å². The Morgan fingerprint density at radius 3 is 2.67 bits per heavy atom. The summed E-state index contributed by atoms with van der Waals surface area (Å²) in [6.07, 6.45) is 2.98. The van der Waals surface area contributed by atoms with Gasteiger partial charge in [0.1, 0.15) is 13.2 Å². The first-order valence-electron chi connectivity index (χ1n) is 4.40. The van der Waals surface area contributed by atoms with Gasteiger partial charge in [-0.25, -0.2) is 4.79 Å².